The van der Waals surface area contributed by atoms with Crippen LogP contribution in [0.3, 0.4) is 0 Å². The van der Waals surface area contributed by atoms with Gasteiger partial charge in [0.15, 0.2) is 0 Å². The van der Waals surface area contributed by atoms with E-state index in [0.717, 1.165) is 25.0 Å². The molecule has 17 heavy (non-hydrogen) atoms. The van der Waals surface area contributed by atoms with E-state index in [1.807, 2.05) is 0 Å². The van der Waals surface area contributed by atoms with E-state index < -0.39 is 17.5 Å². The SMILES string of the molecule is C#CCCCCNC(=O)c1ccc(F)cc1F. The number of nitrogens with one attached hydrogen (secondary N) is 1. The standard InChI is InChI=1S/C13H13F2NO/c1-2-3-4-5-8-16-13(17)11-7-6-10(14)9-12(11)15/h1,6-7,9H,3-5,8H2,(H,16,17). The third-order valence-corrected chi connectivity index (χ3v) is 2.21. The van der Waals surface area contributed by atoms with E-state index in [9.17, 15) is 13.6 Å². The molecular formula is C13H13F2NO. The zero-order chi connectivity index (χ0) is 12.7. The molecule has 0 saturated carbocycles. The fraction of sp³-hybridized carbons (Fsp3) is 0.308. The number of rotatable bonds is 5. The molecule has 4 heteroatoms. The molecule has 0 aliphatic heterocycles. The van der Waals surface area contributed by atoms with Crippen LogP contribution in [0.2, 0.25) is 0 Å². The highest BCUT2D eigenvalue weighted by Crippen LogP contribution is 2.09. The summed E-state index contributed by atoms with van der Waals surface area (Å²) < 4.78 is 25.8. The Morgan fingerprint density at radius 3 is 2.76 bits per heavy atom. The van der Waals surface area contributed by atoms with Gasteiger partial charge in [0.2, 0.25) is 0 Å². The van der Waals surface area contributed by atoms with Crippen molar-refractivity contribution in [1.82, 2.24) is 5.32 Å². The quantitative estimate of drug-likeness (QED) is 0.618. The van der Waals surface area contributed by atoms with Crippen LogP contribution in [0.25, 0.3) is 0 Å². The number of amides is 1. The molecule has 0 aliphatic rings. The summed E-state index contributed by atoms with van der Waals surface area (Å²) in [6.45, 7) is 0.428. The zero-order valence-corrected chi connectivity index (χ0v) is 9.30. The van der Waals surface area contributed by atoms with Gasteiger partial charge >= 0.3 is 0 Å². The molecule has 2 nitrogen and oxygen atoms in total. The molecule has 1 rings (SSSR count). The average molecular weight is 237 g/mol. The van der Waals surface area contributed by atoms with Gasteiger partial charge in [0, 0.05) is 19.0 Å². The first-order chi connectivity index (χ1) is 8.15. The van der Waals surface area contributed by atoms with Crippen molar-refractivity contribution in [2.75, 3.05) is 6.54 Å². The minimum absolute atomic E-state index is 0.150. The summed E-state index contributed by atoms with van der Waals surface area (Å²) >= 11 is 0. The Kier molecular flexibility index (Phi) is 5.15. The van der Waals surface area contributed by atoms with Gasteiger partial charge in [-0.15, -0.1) is 12.3 Å². The van der Waals surface area contributed by atoms with E-state index >= 15 is 0 Å². The van der Waals surface area contributed by atoms with Crippen LogP contribution in [-0.4, -0.2) is 12.5 Å². The number of halogens is 2. The molecule has 0 aromatic heterocycles. The lowest BCUT2D eigenvalue weighted by atomic mass is 10.2. The van der Waals surface area contributed by atoms with Gasteiger partial charge in [0.05, 0.1) is 5.56 Å². The molecule has 0 fully saturated rings. The maximum absolute atomic E-state index is 13.2. The van der Waals surface area contributed by atoms with Crippen LogP contribution >= 0.6 is 0 Å². The van der Waals surface area contributed by atoms with Crippen molar-refractivity contribution >= 4 is 5.91 Å². The van der Waals surface area contributed by atoms with Crippen molar-refractivity contribution in [2.45, 2.75) is 19.3 Å². The highest BCUT2D eigenvalue weighted by molar-refractivity contribution is 5.94. The molecule has 0 heterocycles. The molecule has 1 amide bonds. The van der Waals surface area contributed by atoms with Crippen molar-refractivity contribution < 1.29 is 13.6 Å². The zero-order valence-electron chi connectivity index (χ0n) is 9.30. The second-order valence-electron chi connectivity index (χ2n) is 3.54. The Morgan fingerprint density at radius 2 is 2.12 bits per heavy atom. The number of hydrogen-bond acceptors (Lipinski definition) is 1. The highest BCUT2D eigenvalue weighted by Gasteiger charge is 2.11. The molecule has 0 saturated heterocycles. The monoisotopic (exact) mass is 237 g/mol. The number of benzene rings is 1. The molecule has 0 bridgehead atoms. The Balaban J connectivity index is 2.45. The number of terminal acetylenes is 1. The van der Waals surface area contributed by atoms with E-state index in [-0.39, 0.29) is 5.56 Å². The van der Waals surface area contributed by atoms with Gasteiger partial charge in [0.25, 0.3) is 5.91 Å². The van der Waals surface area contributed by atoms with Gasteiger partial charge in [-0.3, -0.25) is 4.79 Å². The second-order valence-corrected chi connectivity index (χ2v) is 3.54. The van der Waals surface area contributed by atoms with E-state index in [1.165, 1.54) is 0 Å². The van der Waals surface area contributed by atoms with E-state index in [1.54, 1.807) is 0 Å². The lowest BCUT2D eigenvalue weighted by molar-refractivity contribution is 0.0949. The summed E-state index contributed by atoms with van der Waals surface area (Å²) in [6.07, 6.45) is 7.27. The molecule has 0 radical (unpaired) electrons. The maximum Gasteiger partial charge on any atom is 0.254 e. The lowest BCUT2D eigenvalue weighted by Gasteiger charge is -2.05. The van der Waals surface area contributed by atoms with Crippen LogP contribution in [0, 0.1) is 24.0 Å². The third kappa shape index (κ3) is 4.23. The van der Waals surface area contributed by atoms with E-state index in [2.05, 4.69) is 11.2 Å². The van der Waals surface area contributed by atoms with Gasteiger partial charge in [-0.25, -0.2) is 8.78 Å². The van der Waals surface area contributed by atoms with Crippen molar-refractivity contribution in [3.05, 3.63) is 35.4 Å². The molecular weight excluding hydrogens is 224 g/mol. The fourth-order valence-corrected chi connectivity index (χ4v) is 1.32. The lowest BCUT2D eigenvalue weighted by Crippen LogP contribution is -2.25. The second kappa shape index (κ2) is 6.64. The van der Waals surface area contributed by atoms with Crippen LogP contribution in [0.4, 0.5) is 8.78 Å². The number of carbonyl (C=O) groups is 1. The molecule has 0 aliphatic carbocycles. The van der Waals surface area contributed by atoms with Crippen molar-refractivity contribution in [3.8, 4) is 12.3 Å². The fourth-order valence-electron chi connectivity index (χ4n) is 1.32. The van der Waals surface area contributed by atoms with Crippen LogP contribution in [0.1, 0.15) is 29.6 Å². The van der Waals surface area contributed by atoms with Crippen molar-refractivity contribution in [2.24, 2.45) is 0 Å². The summed E-state index contributed by atoms with van der Waals surface area (Å²) in [5, 5.41) is 2.55. The Bertz CT molecular complexity index is 438. The molecule has 90 valence electrons. The Morgan fingerprint density at radius 1 is 1.35 bits per heavy atom. The van der Waals surface area contributed by atoms with Crippen molar-refractivity contribution in [1.29, 1.82) is 0 Å². The third-order valence-electron chi connectivity index (χ3n) is 2.21. The van der Waals surface area contributed by atoms with Crippen LogP contribution in [0.15, 0.2) is 18.2 Å². The Hall–Kier alpha value is -1.89. The largest absolute Gasteiger partial charge is 0.352 e. The highest BCUT2D eigenvalue weighted by atomic mass is 19.1. The van der Waals surface area contributed by atoms with E-state index in [0.29, 0.717) is 19.0 Å². The van der Waals surface area contributed by atoms with E-state index in [4.69, 9.17) is 6.42 Å². The van der Waals surface area contributed by atoms with Gasteiger partial charge in [-0.2, -0.15) is 0 Å². The van der Waals surface area contributed by atoms with Crippen LogP contribution in [-0.2, 0) is 0 Å². The van der Waals surface area contributed by atoms with Crippen LogP contribution < -0.4 is 5.32 Å². The molecule has 0 unspecified atom stereocenters. The number of carbonyl (C=O) groups excluding carboxylic acids is 1. The first-order valence-corrected chi connectivity index (χ1v) is 5.32. The normalized spacial score (nSPS) is 9.71. The molecule has 1 aromatic carbocycles. The predicted molar refractivity (Wildman–Crippen MR) is 61.4 cm³/mol. The average Bonchev–Trinajstić information content (AvgIpc) is 2.28. The molecule has 0 atom stereocenters. The predicted octanol–water partition coefficient (Wildman–Crippen LogP) is 2.50. The minimum Gasteiger partial charge on any atom is -0.352 e. The van der Waals surface area contributed by atoms with Crippen molar-refractivity contribution in [3.63, 3.8) is 0 Å². The number of hydrogen-bond donors (Lipinski definition) is 1. The summed E-state index contributed by atoms with van der Waals surface area (Å²) in [6, 6.07) is 2.87. The smallest absolute Gasteiger partial charge is 0.254 e. The first-order valence-electron chi connectivity index (χ1n) is 5.32. The van der Waals surface area contributed by atoms with Crippen LogP contribution in [0.5, 0.6) is 0 Å². The van der Waals surface area contributed by atoms with Gasteiger partial charge in [0.1, 0.15) is 11.6 Å². The molecule has 1 aromatic rings. The van der Waals surface area contributed by atoms with Gasteiger partial charge < -0.3 is 5.32 Å². The first kappa shape index (κ1) is 13.2. The van der Waals surface area contributed by atoms with Gasteiger partial charge in [-0.05, 0) is 25.0 Å². The maximum atomic E-state index is 13.2. The summed E-state index contributed by atoms with van der Waals surface area (Å²) in [5.74, 6) is 0.393. The molecule has 0 spiro atoms. The minimum atomic E-state index is -0.855. The summed E-state index contributed by atoms with van der Waals surface area (Å²) in [4.78, 5) is 11.5. The summed E-state index contributed by atoms with van der Waals surface area (Å²) in [7, 11) is 0. The molecule has 1 N–H and O–H groups in total. The summed E-state index contributed by atoms with van der Waals surface area (Å²) in [5.41, 5.74) is -0.150. The Labute approximate surface area is 99.0 Å². The topological polar surface area (TPSA) is 29.1 Å². The number of unbranched alkanes of at least 4 members (excludes halogenated alkanes) is 2. The van der Waals surface area contributed by atoms with Gasteiger partial charge in [-0.1, -0.05) is 0 Å².